The van der Waals surface area contributed by atoms with Crippen LogP contribution in [-0.4, -0.2) is 23.5 Å². The lowest BCUT2D eigenvalue weighted by molar-refractivity contribution is 0.206. The highest BCUT2D eigenvalue weighted by atomic mass is 35.5. The molecular weight excluding hydrogens is 296 g/mol. The maximum Gasteiger partial charge on any atom is 0.322 e. The molecule has 0 aromatic heterocycles. The number of benzene rings is 2. The Morgan fingerprint density at radius 3 is 2.59 bits per heavy atom. The second-order valence-corrected chi connectivity index (χ2v) is 6.05. The molecule has 1 aliphatic heterocycles. The van der Waals surface area contributed by atoms with Crippen LogP contribution in [0.3, 0.4) is 0 Å². The zero-order valence-electron chi connectivity index (χ0n) is 12.3. The number of nitrogens with one attached hydrogen (secondary N) is 1. The molecule has 22 heavy (non-hydrogen) atoms. The van der Waals surface area contributed by atoms with Gasteiger partial charge in [0.05, 0.1) is 0 Å². The number of likely N-dealkylation sites (tertiary alicyclic amines) is 1. The molecule has 0 spiro atoms. The molecule has 0 radical (unpaired) electrons. The molecule has 0 bridgehead atoms. The predicted molar refractivity (Wildman–Crippen MR) is 90.3 cm³/mol. The number of nitrogens with zero attached hydrogens (tertiary/aromatic N) is 1. The van der Waals surface area contributed by atoms with Crippen molar-refractivity contribution in [1.29, 1.82) is 0 Å². The molecule has 3 rings (SSSR count). The lowest BCUT2D eigenvalue weighted by Gasteiger charge is -2.25. The molecule has 2 amide bonds. The van der Waals surface area contributed by atoms with E-state index in [4.69, 9.17) is 11.6 Å². The number of halogens is 1. The highest BCUT2D eigenvalue weighted by Crippen LogP contribution is 2.22. The number of anilines is 1. The van der Waals surface area contributed by atoms with Gasteiger partial charge in [0.15, 0.2) is 0 Å². The standard InChI is InChI=1S/C18H19ClN2O/c19-15-8-10-16(11-9-15)20-18(22)21-12-4-7-17(21)13-14-5-2-1-3-6-14/h1-3,5-6,8-11,17H,4,7,12-13H2,(H,20,22). The Labute approximate surface area is 135 Å². The number of carbonyl (C=O) groups excluding carboxylic acids is 1. The van der Waals surface area contributed by atoms with Crippen molar-refractivity contribution in [3.8, 4) is 0 Å². The summed E-state index contributed by atoms with van der Waals surface area (Å²) in [6.07, 6.45) is 3.03. The van der Waals surface area contributed by atoms with E-state index in [1.165, 1.54) is 5.56 Å². The van der Waals surface area contributed by atoms with Crippen molar-refractivity contribution < 1.29 is 4.79 Å². The van der Waals surface area contributed by atoms with Crippen LogP contribution in [0.1, 0.15) is 18.4 Å². The molecule has 1 fully saturated rings. The normalized spacial score (nSPS) is 17.5. The third-order valence-electron chi connectivity index (χ3n) is 4.05. The van der Waals surface area contributed by atoms with E-state index < -0.39 is 0 Å². The Balaban J connectivity index is 1.64. The minimum atomic E-state index is -0.0271. The molecular formula is C18H19ClN2O. The van der Waals surface area contributed by atoms with E-state index in [9.17, 15) is 4.79 Å². The van der Waals surface area contributed by atoms with Crippen LogP contribution in [0.5, 0.6) is 0 Å². The van der Waals surface area contributed by atoms with Crippen LogP contribution >= 0.6 is 11.6 Å². The van der Waals surface area contributed by atoms with Gasteiger partial charge in [-0.15, -0.1) is 0 Å². The smallest absolute Gasteiger partial charge is 0.321 e. The average Bonchev–Trinajstić information content (AvgIpc) is 2.99. The maximum atomic E-state index is 12.5. The van der Waals surface area contributed by atoms with E-state index in [-0.39, 0.29) is 12.1 Å². The zero-order valence-corrected chi connectivity index (χ0v) is 13.1. The average molecular weight is 315 g/mol. The predicted octanol–water partition coefficient (Wildman–Crippen LogP) is 4.58. The van der Waals surface area contributed by atoms with E-state index >= 15 is 0 Å². The third-order valence-corrected chi connectivity index (χ3v) is 4.30. The fourth-order valence-corrected chi connectivity index (χ4v) is 3.06. The highest BCUT2D eigenvalue weighted by Gasteiger charge is 2.28. The molecule has 0 aliphatic carbocycles. The van der Waals surface area contributed by atoms with Crippen LogP contribution in [0.15, 0.2) is 54.6 Å². The van der Waals surface area contributed by atoms with Gasteiger partial charge in [-0.05, 0) is 49.1 Å². The minimum absolute atomic E-state index is 0.0271. The van der Waals surface area contributed by atoms with Crippen LogP contribution in [0.2, 0.25) is 5.02 Å². The Hall–Kier alpha value is -2.00. The molecule has 4 heteroatoms. The Morgan fingerprint density at radius 2 is 1.86 bits per heavy atom. The molecule has 1 heterocycles. The first-order chi connectivity index (χ1) is 10.7. The summed E-state index contributed by atoms with van der Waals surface area (Å²) < 4.78 is 0. The molecule has 1 unspecified atom stereocenters. The number of rotatable bonds is 3. The van der Waals surface area contributed by atoms with Crippen LogP contribution in [-0.2, 0) is 6.42 Å². The van der Waals surface area contributed by atoms with Gasteiger partial charge in [0.1, 0.15) is 0 Å². The summed E-state index contributed by atoms with van der Waals surface area (Å²) in [6.45, 7) is 0.816. The fraction of sp³-hybridized carbons (Fsp3) is 0.278. The van der Waals surface area contributed by atoms with Gasteiger partial charge >= 0.3 is 6.03 Å². The van der Waals surface area contributed by atoms with Crippen molar-refractivity contribution in [2.75, 3.05) is 11.9 Å². The molecule has 1 atom stereocenters. The monoisotopic (exact) mass is 314 g/mol. The molecule has 2 aromatic rings. The van der Waals surface area contributed by atoms with Crippen molar-refractivity contribution in [3.05, 3.63) is 65.2 Å². The number of urea groups is 1. The van der Waals surface area contributed by atoms with Gasteiger partial charge in [0.25, 0.3) is 0 Å². The summed E-state index contributed by atoms with van der Waals surface area (Å²) in [7, 11) is 0. The number of hydrogen-bond donors (Lipinski definition) is 1. The van der Waals surface area contributed by atoms with E-state index in [0.717, 1.165) is 31.5 Å². The van der Waals surface area contributed by atoms with Crippen LogP contribution in [0.4, 0.5) is 10.5 Å². The fourth-order valence-electron chi connectivity index (χ4n) is 2.93. The number of carbonyl (C=O) groups is 1. The van der Waals surface area contributed by atoms with Gasteiger partial charge in [0, 0.05) is 23.3 Å². The van der Waals surface area contributed by atoms with Gasteiger partial charge in [0.2, 0.25) is 0 Å². The quantitative estimate of drug-likeness (QED) is 0.883. The maximum absolute atomic E-state index is 12.5. The highest BCUT2D eigenvalue weighted by molar-refractivity contribution is 6.30. The van der Waals surface area contributed by atoms with Crippen molar-refractivity contribution in [1.82, 2.24) is 4.90 Å². The van der Waals surface area contributed by atoms with Crippen molar-refractivity contribution in [2.24, 2.45) is 0 Å². The van der Waals surface area contributed by atoms with E-state index in [2.05, 4.69) is 17.4 Å². The van der Waals surface area contributed by atoms with E-state index in [1.807, 2.05) is 35.2 Å². The largest absolute Gasteiger partial charge is 0.322 e. The van der Waals surface area contributed by atoms with E-state index in [0.29, 0.717) is 5.02 Å². The lowest BCUT2D eigenvalue weighted by Crippen LogP contribution is -2.39. The van der Waals surface area contributed by atoms with Crippen molar-refractivity contribution >= 4 is 23.3 Å². The molecule has 114 valence electrons. The Morgan fingerprint density at radius 1 is 1.14 bits per heavy atom. The summed E-state index contributed by atoms with van der Waals surface area (Å²) in [4.78, 5) is 14.4. The summed E-state index contributed by atoms with van der Waals surface area (Å²) >= 11 is 5.87. The van der Waals surface area contributed by atoms with Crippen LogP contribution < -0.4 is 5.32 Å². The SMILES string of the molecule is O=C(Nc1ccc(Cl)cc1)N1CCCC1Cc1ccccc1. The topological polar surface area (TPSA) is 32.3 Å². The molecule has 1 saturated heterocycles. The molecule has 3 nitrogen and oxygen atoms in total. The van der Waals surface area contributed by atoms with Crippen molar-refractivity contribution in [2.45, 2.75) is 25.3 Å². The number of amides is 2. The third kappa shape index (κ3) is 3.60. The summed E-state index contributed by atoms with van der Waals surface area (Å²) in [5.74, 6) is 0. The van der Waals surface area contributed by atoms with Crippen molar-refractivity contribution in [3.63, 3.8) is 0 Å². The Bertz CT molecular complexity index is 627. The minimum Gasteiger partial charge on any atom is -0.321 e. The molecule has 0 saturated carbocycles. The molecule has 1 N–H and O–H groups in total. The van der Waals surface area contributed by atoms with Crippen LogP contribution in [0.25, 0.3) is 0 Å². The second-order valence-electron chi connectivity index (χ2n) is 5.62. The first-order valence-electron chi connectivity index (χ1n) is 7.59. The van der Waals surface area contributed by atoms with Gasteiger partial charge in [-0.25, -0.2) is 4.79 Å². The van der Waals surface area contributed by atoms with Gasteiger partial charge in [-0.3, -0.25) is 0 Å². The van der Waals surface area contributed by atoms with Gasteiger partial charge < -0.3 is 10.2 Å². The van der Waals surface area contributed by atoms with Crippen LogP contribution in [0, 0.1) is 0 Å². The lowest BCUT2D eigenvalue weighted by atomic mass is 10.0. The zero-order chi connectivity index (χ0) is 15.4. The summed E-state index contributed by atoms with van der Waals surface area (Å²) in [6, 6.07) is 17.8. The van der Waals surface area contributed by atoms with Gasteiger partial charge in [-0.1, -0.05) is 41.9 Å². The summed E-state index contributed by atoms with van der Waals surface area (Å²) in [5.41, 5.74) is 2.05. The van der Waals surface area contributed by atoms with Gasteiger partial charge in [-0.2, -0.15) is 0 Å². The first-order valence-corrected chi connectivity index (χ1v) is 7.97. The molecule has 2 aromatic carbocycles. The Kier molecular flexibility index (Phi) is 4.64. The molecule has 1 aliphatic rings. The summed E-state index contributed by atoms with van der Waals surface area (Å²) in [5, 5.41) is 3.62. The van der Waals surface area contributed by atoms with E-state index in [1.54, 1.807) is 12.1 Å². The second kappa shape index (κ2) is 6.84. The number of hydrogen-bond acceptors (Lipinski definition) is 1. The first kappa shape index (κ1) is 14.9.